The van der Waals surface area contributed by atoms with Crippen LogP contribution in [0.3, 0.4) is 0 Å². The molecule has 1 aromatic heterocycles. The van der Waals surface area contributed by atoms with Gasteiger partial charge in [0.1, 0.15) is 11.5 Å². The van der Waals surface area contributed by atoms with Crippen molar-refractivity contribution in [2.75, 3.05) is 0 Å². The summed E-state index contributed by atoms with van der Waals surface area (Å²) in [6.07, 6.45) is 1.73. The zero-order valence-corrected chi connectivity index (χ0v) is 10.4. The van der Waals surface area contributed by atoms with Crippen LogP contribution in [0.4, 0.5) is 0 Å². The predicted molar refractivity (Wildman–Crippen MR) is 70.9 cm³/mol. The van der Waals surface area contributed by atoms with Gasteiger partial charge in [0.05, 0.1) is 5.56 Å². The van der Waals surface area contributed by atoms with E-state index in [-0.39, 0.29) is 11.5 Å². The molecule has 4 nitrogen and oxygen atoms in total. The molecular formula is C15H13NO3. The molecule has 4 heteroatoms. The highest BCUT2D eigenvalue weighted by Gasteiger charge is 2.26. The van der Waals surface area contributed by atoms with Gasteiger partial charge in [-0.25, -0.2) is 4.79 Å². The minimum atomic E-state index is -0.382. The molecule has 2 heterocycles. The van der Waals surface area contributed by atoms with Crippen LogP contribution in [-0.4, -0.2) is 0 Å². The second-order valence-electron chi connectivity index (χ2n) is 4.48. The lowest BCUT2D eigenvalue weighted by atomic mass is 9.90. The van der Waals surface area contributed by atoms with E-state index in [4.69, 9.17) is 14.9 Å². The topological polar surface area (TPSA) is 65.5 Å². The lowest BCUT2D eigenvalue weighted by Crippen LogP contribution is -2.22. The van der Waals surface area contributed by atoms with Crippen molar-refractivity contribution >= 4 is 0 Å². The summed E-state index contributed by atoms with van der Waals surface area (Å²) in [5, 5.41) is 0. The van der Waals surface area contributed by atoms with Gasteiger partial charge < -0.3 is 14.9 Å². The first kappa shape index (κ1) is 11.6. The highest BCUT2D eigenvalue weighted by atomic mass is 16.5. The van der Waals surface area contributed by atoms with Crippen LogP contribution >= 0.6 is 0 Å². The van der Waals surface area contributed by atoms with E-state index in [1.54, 1.807) is 19.1 Å². The van der Waals surface area contributed by atoms with Crippen molar-refractivity contribution < 1.29 is 9.15 Å². The third-order valence-corrected chi connectivity index (χ3v) is 3.10. The quantitative estimate of drug-likeness (QED) is 0.849. The minimum Gasteiger partial charge on any atom is -0.441 e. The first-order valence-corrected chi connectivity index (χ1v) is 6.00. The summed E-state index contributed by atoms with van der Waals surface area (Å²) in [5.74, 6) is 1.04. The third-order valence-electron chi connectivity index (χ3n) is 3.10. The van der Waals surface area contributed by atoms with Gasteiger partial charge in [-0.3, -0.25) is 0 Å². The van der Waals surface area contributed by atoms with Crippen LogP contribution in [0.1, 0.15) is 22.8 Å². The monoisotopic (exact) mass is 255 g/mol. The molecule has 2 aromatic rings. The summed E-state index contributed by atoms with van der Waals surface area (Å²) < 4.78 is 10.6. The number of ether oxygens (including phenoxy) is 1. The van der Waals surface area contributed by atoms with Crippen LogP contribution < -0.4 is 16.1 Å². The molecule has 1 aliphatic heterocycles. The van der Waals surface area contributed by atoms with Crippen molar-refractivity contribution in [3.05, 3.63) is 75.7 Å². The minimum absolute atomic E-state index is 0.234. The molecule has 0 saturated carbocycles. The molecule has 0 saturated heterocycles. The van der Waals surface area contributed by atoms with E-state index in [2.05, 4.69) is 0 Å². The standard InChI is InChI=1S/C15H13NO3/c1-9-7-12-14(15(17)18-9)11(8-13(16)19-12)10-5-3-2-4-6-10/h2-8,11H,16H2,1H3. The van der Waals surface area contributed by atoms with Crippen LogP contribution in [0.5, 0.6) is 5.75 Å². The molecule has 3 rings (SSSR count). The molecular weight excluding hydrogens is 242 g/mol. The molecule has 96 valence electrons. The first-order valence-electron chi connectivity index (χ1n) is 6.00. The number of rotatable bonds is 1. The summed E-state index contributed by atoms with van der Waals surface area (Å²) in [6.45, 7) is 1.71. The van der Waals surface area contributed by atoms with Crippen molar-refractivity contribution in [2.24, 2.45) is 5.73 Å². The molecule has 0 amide bonds. The summed E-state index contributed by atoms with van der Waals surface area (Å²) in [6, 6.07) is 11.3. The largest absolute Gasteiger partial charge is 0.441 e. The molecule has 1 aliphatic rings. The van der Waals surface area contributed by atoms with Crippen molar-refractivity contribution in [3.8, 4) is 5.75 Å². The molecule has 19 heavy (non-hydrogen) atoms. The van der Waals surface area contributed by atoms with Crippen molar-refractivity contribution in [2.45, 2.75) is 12.8 Å². The van der Waals surface area contributed by atoms with E-state index >= 15 is 0 Å². The molecule has 0 fully saturated rings. The Bertz CT molecular complexity index is 701. The molecule has 0 spiro atoms. The van der Waals surface area contributed by atoms with Crippen LogP contribution in [0.15, 0.2) is 57.6 Å². The number of benzene rings is 1. The summed E-state index contributed by atoms with van der Waals surface area (Å²) in [4.78, 5) is 12.1. The Kier molecular flexibility index (Phi) is 2.63. The Balaban J connectivity index is 2.22. The number of hydrogen-bond acceptors (Lipinski definition) is 4. The first-order chi connectivity index (χ1) is 9.15. The summed E-state index contributed by atoms with van der Waals surface area (Å²) >= 11 is 0. The second-order valence-corrected chi connectivity index (χ2v) is 4.48. The number of aryl methyl sites for hydroxylation is 1. The Hall–Kier alpha value is -2.49. The zero-order valence-electron chi connectivity index (χ0n) is 10.4. The molecule has 1 atom stereocenters. The fourth-order valence-corrected chi connectivity index (χ4v) is 2.29. The van der Waals surface area contributed by atoms with Gasteiger partial charge in [0, 0.05) is 12.0 Å². The van der Waals surface area contributed by atoms with E-state index in [9.17, 15) is 4.79 Å². The van der Waals surface area contributed by atoms with E-state index < -0.39 is 0 Å². The van der Waals surface area contributed by atoms with Crippen molar-refractivity contribution in [1.82, 2.24) is 0 Å². The van der Waals surface area contributed by atoms with Gasteiger partial charge in [-0.2, -0.15) is 0 Å². The molecule has 0 aliphatic carbocycles. The van der Waals surface area contributed by atoms with Gasteiger partial charge in [0.2, 0.25) is 0 Å². The van der Waals surface area contributed by atoms with E-state index in [1.807, 2.05) is 30.3 Å². The maximum atomic E-state index is 12.1. The molecule has 0 bridgehead atoms. The van der Waals surface area contributed by atoms with Gasteiger partial charge in [-0.05, 0) is 18.6 Å². The third kappa shape index (κ3) is 2.01. The highest BCUT2D eigenvalue weighted by Crippen LogP contribution is 2.35. The van der Waals surface area contributed by atoms with Crippen LogP contribution in [0.25, 0.3) is 0 Å². The fraction of sp³-hybridized carbons (Fsp3) is 0.133. The average molecular weight is 255 g/mol. The molecule has 0 radical (unpaired) electrons. The average Bonchev–Trinajstić information content (AvgIpc) is 2.38. The second kappa shape index (κ2) is 4.31. The maximum absolute atomic E-state index is 12.1. The Labute approximate surface area is 110 Å². The fourth-order valence-electron chi connectivity index (χ4n) is 2.29. The SMILES string of the molecule is Cc1cc2c(c(=O)o1)C(c1ccccc1)C=C(N)O2. The van der Waals surface area contributed by atoms with Gasteiger partial charge in [0.15, 0.2) is 5.88 Å². The number of fused-ring (bicyclic) bond motifs is 1. The summed E-state index contributed by atoms with van der Waals surface area (Å²) in [5.41, 5.74) is 6.87. The van der Waals surface area contributed by atoms with Crippen molar-refractivity contribution in [3.63, 3.8) is 0 Å². The Morgan fingerprint density at radius 2 is 1.95 bits per heavy atom. The van der Waals surface area contributed by atoms with Crippen LogP contribution in [0, 0.1) is 6.92 Å². The lowest BCUT2D eigenvalue weighted by molar-refractivity contribution is 0.376. The van der Waals surface area contributed by atoms with Crippen LogP contribution in [0.2, 0.25) is 0 Å². The highest BCUT2D eigenvalue weighted by molar-refractivity contribution is 5.47. The molecule has 2 N–H and O–H groups in total. The number of allylic oxidation sites excluding steroid dienone is 1. The lowest BCUT2D eigenvalue weighted by Gasteiger charge is -2.22. The van der Waals surface area contributed by atoms with Gasteiger partial charge in [-0.15, -0.1) is 0 Å². The maximum Gasteiger partial charge on any atom is 0.343 e. The molecule has 1 unspecified atom stereocenters. The Morgan fingerprint density at radius 3 is 2.68 bits per heavy atom. The van der Waals surface area contributed by atoms with E-state index in [0.717, 1.165) is 5.56 Å². The smallest absolute Gasteiger partial charge is 0.343 e. The summed E-state index contributed by atoms with van der Waals surface area (Å²) in [7, 11) is 0. The van der Waals surface area contributed by atoms with Gasteiger partial charge >= 0.3 is 5.63 Å². The number of nitrogens with two attached hydrogens (primary N) is 1. The van der Waals surface area contributed by atoms with Crippen LogP contribution in [-0.2, 0) is 0 Å². The van der Waals surface area contributed by atoms with E-state index in [0.29, 0.717) is 23.0 Å². The molecule has 1 aromatic carbocycles. The zero-order chi connectivity index (χ0) is 13.4. The van der Waals surface area contributed by atoms with Gasteiger partial charge in [-0.1, -0.05) is 30.3 Å². The van der Waals surface area contributed by atoms with Gasteiger partial charge in [0.25, 0.3) is 0 Å². The Morgan fingerprint density at radius 1 is 1.21 bits per heavy atom. The number of hydrogen-bond donors (Lipinski definition) is 1. The van der Waals surface area contributed by atoms with E-state index in [1.165, 1.54) is 0 Å². The van der Waals surface area contributed by atoms with Crippen molar-refractivity contribution in [1.29, 1.82) is 0 Å². The predicted octanol–water partition coefficient (Wildman–Crippen LogP) is 2.27. The normalized spacial score (nSPS) is 17.3.